The first-order valence-corrected chi connectivity index (χ1v) is 6.88. The van der Waals surface area contributed by atoms with Crippen molar-refractivity contribution in [3.8, 4) is 0 Å². The molecule has 0 aliphatic heterocycles. The van der Waals surface area contributed by atoms with Crippen molar-refractivity contribution in [1.29, 1.82) is 0 Å². The minimum atomic E-state index is -0.275. The van der Waals surface area contributed by atoms with Gasteiger partial charge in [0.05, 0.1) is 9.85 Å². The van der Waals surface area contributed by atoms with Crippen LogP contribution in [0.1, 0.15) is 27.6 Å². The molecule has 0 N–H and O–H groups in total. The summed E-state index contributed by atoms with van der Waals surface area (Å²) >= 11 is 9.65. The van der Waals surface area contributed by atoms with Crippen LogP contribution >= 0.6 is 27.5 Å². The van der Waals surface area contributed by atoms with E-state index in [0.29, 0.717) is 4.47 Å². The molecule has 3 heteroatoms. The Labute approximate surface area is 120 Å². The zero-order chi connectivity index (χ0) is 13.3. The van der Waals surface area contributed by atoms with Gasteiger partial charge in [0, 0.05) is 0 Å². The monoisotopic (exact) mass is 326 g/mol. The lowest BCUT2D eigenvalue weighted by Gasteiger charge is -2.14. The normalized spacial score (nSPS) is 12.5. The van der Waals surface area contributed by atoms with Crippen molar-refractivity contribution in [2.24, 2.45) is 0 Å². The largest absolute Gasteiger partial charge is 0.206 e. The fraction of sp³-hybridized carbons (Fsp3) is 0.200. The van der Waals surface area contributed by atoms with Gasteiger partial charge < -0.3 is 0 Å². The maximum Gasteiger partial charge on any atom is 0.137 e. The van der Waals surface area contributed by atoms with Gasteiger partial charge in [0.15, 0.2) is 0 Å². The number of rotatable bonds is 2. The molecule has 0 bridgehead atoms. The van der Waals surface area contributed by atoms with Crippen LogP contribution in [-0.2, 0) is 0 Å². The van der Waals surface area contributed by atoms with Gasteiger partial charge >= 0.3 is 0 Å². The first-order valence-electron chi connectivity index (χ1n) is 5.65. The zero-order valence-electron chi connectivity index (χ0n) is 10.2. The Bertz CT molecular complexity index is 581. The molecule has 0 fully saturated rings. The summed E-state index contributed by atoms with van der Waals surface area (Å²) in [6.45, 7) is 4.09. The van der Waals surface area contributed by atoms with Gasteiger partial charge in [0.2, 0.25) is 0 Å². The number of aryl methyl sites for hydroxylation is 2. The van der Waals surface area contributed by atoms with E-state index in [1.165, 1.54) is 11.6 Å². The number of hydrogen-bond donors (Lipinski definition) is 0. The number of benzene rings is 2. The molecule has 0 radical (unpaired) electrons. The van der Waals surface area contributed by atoms with Gasteiger partial charge in [-0.2, -0.15) is 0 Å². The highest BCUT2D eigenvalue weighted by molar-refractivity contribution is 9.10. The summed E-state index contributed by atoms with van der Waals surface area (Å²) in [6.07, 6.45) is 0. The van der Waals surface area contributed by atoms with E-state index in [2.05, 4.69) is 28.9 Å². The predicted molar refractivity (Wildman–Crippen MR) is 77.7 cm³/mol. The average molecular weight is 328 g/mol. The van der Waals surface area contributed by atoms with Gasteiger partial charge in [-0.1, -0.05) is 29.8 Å². The van der Waals surface area contributed by atoms with E-state index >= 15 is 0 Å². The molecule has 18 heavy (non-hydrogen) atoms. The van der Waals surface area contributed by atoms with Crippen LogP contribution in [0.5, 0.6) is 0 Å². The molecule has 0 nitrogen and oxygen atoms in total. The second-order valence-electron chi connectivity index (χ2n) is 4.40. The molecule has 1 atom stereocenters. The molecule has 0 amide bonds. The topological polar surface area (TPSA) is 0 Å². The van der Waals surface area contributed by atoms with Gasteiger partial charge in [-0.15, -0.1) is 11.6 Å². The van der Waals surface area contributed by atoms with E-state index in [-0.39, 0.29) is 11.2 Å². The van der Waals surface area contributed by atoms with Crippen molar-refractivity contribution in [3.05, 3.63) is 68.9 Å². The van der Waals surface area contributed by atoms with Crippen LogP contribution in [0.15, 0.2) is 40.9 Å². The van der Waals surface area contributed by atoms with Gasteiger partial charge in [-0.3, -0.25) is 0 Å². The Hall–Kier alpha value is -0.860. The number of alkyl halides is 1. The van der Waals surface area contributed by atoms with Crippen LogP contribution < -0.4 is 0 Å². The van der Waals surface area contributed by atoms with Crippen LogP contribution in [0.2, 0.25) is 0 Å². The molecule has 2 rings (SSSR count). The van der Waals surface area contributed by atoms with Crippen molar-refractivity contribution in [2.45, 2.75) is 19.2 Å². The van der Waals surface area contributed by atoms with E-state index in [1.54, 1.807) is 12.1 Å². The molecule has 0 aliphatic carbocycles. The quantitative estimate of drug-likeness (QED) is 0.636. The fourth-order valence-electron chi connectivity index (χ4n) is 1.96. The maximum atomic E-state index is 13.2. The predicted octanol–water partition coefficient (Wildman–Crippen LogP) is 5.53. The summed E-state index contributed by atoms with van der Waals surface area (Å²) in [5.74, 6) is -0.275. The summed E-state index contributed by atoms with van der Waals surface area (Å²) in [5, 5.41) is -0.262. The molecular formula is C15H13BrClF. The standard InChI is InChI=1S/C15H13BrClF/c1-9-3-5-12(10(2)7-9)15(17)11-4-6-14(18)13(16)8-11/h3-8,15H,1-2H3. The number of hydrogen-bond acceptors (Lipinski definition) is 0. The molecule has 0 aliphatic rings. The highest BCUT2D eigenvalue weighted by atomic mass is 79.9. The molecule has 2 aromatic carbocycles. The smallest absolute Gasteiger partial charge is 0.137 e. The number of halogens is 3. The van der Waals surface area contributed by atoms with E-state index in [1.807, 2.05) is 19.1 Å². The van der Waals surface area contributed by atoms with Crippen LogP contribution in [0.25, 0.3) is 0 Å². The third-order valence-electron chi connectivity index (χ3n) is 2.93. The Balaban J connectivity index is 2.41. The molecule has 1 unspecified atom stereocenters. The zero-order valence-corrected chi connectivity index (χ0v) is 12.5. The first kappa shape index (κ1) is 13.6. The molecule has 0 saturated heterocycles. The minimum absolute atomic E-state index is 0.262. The van der Waals surface area contributed by atoms with Crippen molar-refractivity contribution in [3.63, 3.8) is 0 Å². The third kappa shape index (κ3) is 2.76. The summed E-state index contributed by atoms with van der Waals surface area (Å²) in [5.41, 5.74) is 4.30. The highest BCUT2D eigenvalue weighted by Crippen LogP contribution is 2.33. The van der Waals surface area contributed by atoms with Crippen molar-refractivity contribution >= 4 is 27.5 Å². The van der Waals surface area contributed by atoms with E-state index in [4.69, 9.17) is 11.6 Å². The summed E-state index contributed by atoms with van der Waals surface area (Å²) in [7, 11) is 0. The molecule has 0 saturated carbocycles. The lowest BCUT2D eigenvalue weighted by Crippen LogP contribution is -1.97. The summed E-state index contributed by atoms with van der Waals surface area (Å²) < 4.78 is 13.6. The maximum absolute atomic E-state index is 13.2. The van der Waals surface area contributed by atoms with E-state index in [9.17, 15) is 4.39 Å². The average Bonchev–Trinajstić information content (AvgIpc) is 2.32. The van der Waals surface area contributed by atoms with Gasteiger partial charge in [-0.25, -0.2) is 4.39 Å². The summed E-state index contributed by atoms with van der Waals surface area (Å²) in [4.78, 5) is 0. The van der Waals surface area contributed by atoms with E-state index in [0.717, 1.165) is 16.7 Å². The lowest BCUT2D eigenvalue weighted by molar-refractivity contribution is 0.620. The van der Waals surface area contributed by atoms with Crippen LogP contribution in [0.3, 0.4) is 0 Å². The molecule has 94 valence electrons. The van der Waals surface area contributed by atoms with Crippen LogP contribution in [0, 0.1) is 19.7 Å². The molecular weight excluding hydrogens is 315 g/mol. The van der Waals surface area contributed by atoms with Gasteiger partial charge in [-0.05, 0) is 58.6 Å². The van der Waals surface area contributed by atoms with Crippen molar-refractivity contribution in [1.82, 2.24) is 0 Å². The highest BCUT2D eigenvalue weighted by Gasteiger charge is 2.14. The van der Waals surface area contributed by atoms with Gasteiger partial charge in [0.1, 0.15) is 5.82 Å². The Morgan fingerprint density at radius 2 is 1.83 bits per heavy atom. The fourth-order valence-corrected chi connectivity index (χ4v) is 2.74. The Morgan fingerprint density at radius 3 is 2.44 bits per heavy atom. The SMILES string of the molecule is Cc1ccc(C(Cl)c2ccc(F)c(Br)c2)c(C)c1. The van der Waals surface area contributed by atoms with Gasteiger partial charge in [0.25, 0.3) is 0 Å². The summed E-state index contributed by atoms with van der Waals surface area (Å²) in [6, 6.07) is 11.0. The van der Waals surface area contributed by atoms with E-state index < -0.39 is 0 Å². The molecule has 0 spiro atoms. The van der Waals surface area contributed by atoms with Crippen LogP contribution in [-0.4, -0.2) is 0 Å². The van der Waals surface area contributed by atoms with Crippen molar-refractivity contribution in [2.75, 3.05) is 0 Å². The molecule has 2 aromatic rings. The Morgan fingerprint density at radius 1 is 1.11 bits per heavy atom. The molecule has 0 heterocycles. The lowest BCUT2D eigenvalue weighted by atomic mass is 9.98. The second kappa shape index (κ2) is 5.41. The third-order valence-corrected chi connectivity index (χ3v) is 4.03. The Kier molecular flexibility index (Phi) is 4.08. The first-order chi connectivity index (χ1) is 8.49. The van der Waals surface area contributed by atoms with Crippen molar-refractivity contribution < 1.29 is 4.39 Å². The molecule has 0 aromatic heterocycles. The minimum Gasteiger partial charge on any atom is -0.206 e. The van der Waals surface area contributed by atoms with Crippen LogP contribution in [0.4, 0.5) is 4.39 Å². The second-order valence-corrected chi connectivity index (χ2v) is 5.69.